The number of nitrogens with one attached hydrogen (secondary N) is 2. The van der Waals surface area contributed by atoms with Crippen LogP contribution < -0.4 is 10.8 Å². The summed E-state index contributed by atoms with van der Waals surface area (Å²) < 4.78 is 9.47. The van der Waals surface area contributed by atoms with Crippen LogP contribution in [0, 0.1) is 0 Å². The normalized spacial score (nSPS) is 11.5. The molecule has 1 aromatic carbocycles. The van der Waals surface area contributed by atoms with E-state index in [-0.39, 0.29) is 30.9 Å². The van der Waals surface area contributed by atoms with E-state index in [2.05, 4.69) is 15.5 Å². The van der Waals surface area contributed by atoms with Crippen LogP contribution in [0.4, 0.5) is 0 Å². The van der Waals surface area contributed by atoms with Gasteiger partial charge in [0.25, 0.3) is 0 Å². The van der Waals surface area contributed by atoms with Crippen LogP contribution in [-0.4, -0.2) is 39.1 Å². The molecule has 0 aromatic heterocycles. The highest BCUT2D eigenvalue weighted by molar-refractivity contribution is 6.24. The Balaban J connectivity index is 2.48. The second-order valence-corrected chi connectivity index (χ2v) is 4.74. The number of methoxy groups -OCH3 is 1. The Morgan fingerprint density at radius 1 is 1.27 bits per heavy atom. The number of hydrogen-bond donors (Lipinski definition) is 2. The van der Waals surface area contributed by atoms with Gasteiger partial charge in [0.2, 0.25) is 5.91 Å². The lowest BCUT2D eigenvalue weighted by atomic mass is 10.0. The smallest absolute Gasteiger partial charge is 0.320 e. The molecule has 7 heteroatoms. The minimum Gasteiger partial charge on any atom is -0.469 e. The molecule has 0 fully saturated rings. The predicted molar refractivity (Wildman–Crippen MR) is 84.0 cm³/mol. The summed E-state index contributed by atoms with van der Waals surface area (Å²) in [5.74, 6) is -0.576. The van der Waals surface area contributed by atoms with E-state index in [1.807, 2.05) is 30.3 Å². The van der Waals surface area contributed by atoms with E-state index in [1.165, 1.54) is 14.6 Å². The molecule has 0 heterocycles. The monoisotopic (exact) mass is 305 g/mol. The van der Waals surface area contributed by atoms with Gasteiger partial charge in [0.15, 0.2) is 0 Å². The average Bonchev–Trinajstić information content (AvgIpc) is 2.53. The molecule has 1 rings (SSSR count). The van der Waals surface area contributed by atoms with Crippen molar-refractivity contribution in [2.24, 2.45) is 0 Å². The van der Waals surface area contributed by atoms with Crippen LogP contribution in [-0.2, 0) is 25.5 Å². The van der Waals surface area contributed by atoms with Crippen LogP contribution >= 0.6 is 0 Å². The van der Waals surface area contributed by atoms with E-state index >= 15 is 0 Å². The third-order valence-corrected chi connectivity index (χ3v) is 3.06. The molecule has 1 amide bonds. The SMILES string of the molecule is C[B]ONCC(=O)NC(CCc1ccccc1)CC(=O)OC. The van der Waals surface area contributed by atoms with Crippen molar-refractivity contribution in [1.29, 1.82) is 0 Å². The lowest BCUT2D eigenvalue weighted by molar-refractivity contribution is -0.141. The minimum absolute atomic E-state index is 0.0212. The molecule has 0 aliphatic rings. The topological polar surface area (TPSA) is 76.7 Å². The van der Waals surface area contributed by atoms with Crippen LogP contribution in [0.2, 0.25) is 6.82 Å². The maximum atomic E-state index is 11.8. The van der Waals surface area contributed by atoms with Crippen molar-refractivity contribution in [1.82, 2.24) is 10.8 Å². The molecule has 0 aliphatic heterocycles. The molecule has 1 atom stereocenters. The first-order valence-electron chi connectivity index (χ1n) is 7.22. The summed E-state index contributed by atoms with van der Waals surface area (Å²) in [5.41, 5.74) is 3.66. The number of carbonyl (C=O) groups excluding carboxylic acids is 2. The lowest BCUT2D eigenvalue weighted by Crippen LogP contribution is -2.42. The zero-order valence-electron chi connectivity index (χ0n) is 13.0. The number of rotatable bonds is 10. The number of esters is 1. The second-order valence-electron chi connectivity index (χ2n) is 4.74. The van der Waals surface area contributed by atoms with E-state index < -0.39 is 0 Å². The molecule has 2 N–H and O–H groups in total. The molecule has 0 spiro atoms. The van der Waals surface area contributed by atoms with E-state index in [0.717, 1.165) is 12.0 Å². The van der Waals surface area contributed by atoms with Crippen molar-refractivity contribution in [2.45, 2.75) is 32.1 Å². The number of hydrogen-bond acceptors (Lipinski definition) is 5. The number of carbonyl (C=O) groups is 2. The van der Waals surface area contributed by atoms with Gasteiger partial charge in [0, 0.05) is 6.04 Å². The number of ether oxygens (including phenoxy) is 1. The zero-order valence-corrected chi connectivity index (χ0v) is 13.0. The van der Waals surface area contributed by atoms with Gasteiger partial charge >= 0.3 is 13.5 Å². The minimum atomic E-state index is -0.343. The highest BCUT2D eigenvalue weighted by atomic mass is 16.6. The number of aryl methyl sites for hydroxylation is 1. The van der Waals surface area contributed by atoms with Gasteiger partial charge in [-0.3, -0.25) is 9.59 Å². The molecule has 1 aromatic rings. The third kappa shape index (κ3) is 7.80. The van der Waals surface area contributed by atoms with Crippen LogP contribution in [0.25, 0.3) is 0 Å². The quantitative estimate of drug-likeness (QED) is 0.290. The van der Waals surface area contributed by atoms with Crippen LogP contribution in [0.3, 0.4) is 0 Å². The maximum Gasteiger partial charge on any atom is 0.320 e. The van der Waals surface area contributed by atoms with Crippen molar-refractivity contribution in [2.75, 3.05) is 13.7 Å². The van der Waals surface area contributed by atoms with Gasteiger partial charge in [-0.15, -0.1) is 0 Å². The molecule has 0 aliphatic carbocycles. The summed E-state index contributed by atoms with van der Waals surface area (Å²) in [6.07, 6.45) is 1.58. The van der Waals surface area contributed by atoms with Crippen LogP contribution in [0.15, 0.2) is 30.3 Å². The van der Waals surface area contributed by atoms with Gasteiger partial charge in [0.1, 0.15) is 0 Å². The predicted octanol–water partition coefficient (Wildman–Crippen LogP) is 0.856. The summed E-state index contributed by atoms with van der Waals surface area (Å²) in [6.45, 7) is 1.72. The number of amides is 1. The molecular weight excluding hydrogens is 283 g/mol. The van der Waals surface area contributed by atoms with E-state index in [1.54, 1.807) is 6.82 Å². The van der Waals surface area contributed by atoms with Crippen molar-refractivity contribution in [3.63, 3.8) is 0 Å². The molecule has 1 unspecified atom stereocenters. The zero-order chi connectivity index (χ0) is 16.2. The summed E-state index contributed by atoms with van der Waals surface area (Å²) in [4.78, 5) is 23.2. The Labute approximate surface area is 131 Å². The summed E-state index contributed by atoms with van der Waals surface area (Å²) in [6, 6.07) is 9.64. The first-order chi connectivity index (χ1) is 10.7. The Kier molecular flexibility index (Phi) is 8.94. The highest BCUT2D eigenvalue weighted by Crippen LogP contribution is 2.08. The molecule has 0 bridgehead atoms. The average molecular weight is 305 g/mol. The summed E-state index contributed by atoms with van der Waals surface area (Å²) in [5, 5.41) is 2.82. The largest absolute Gasteiger partial charge is 0.469 e. The van der Waals surface area contributed by atoms with Crippen LogP contribution in [0.5, 0.6) is 0 Å². The van der Waals surface area contributed by atoms with E-state index in [9.17, 15) is 9.59 Å². The molecule has 1 radical (unpaired) electrons. The highest BCUT2D eigenvalue weighted by Gasteiger charge is 2.16. The first kappa shape index (κ1) is 18.2. The van der Waals surface area contributed by atoms with Gasteiger partial charge < -0.3 is 14.8 Å². The molecule has 22 heavy (non-hydrogen) atoms. The number of hydroxylamine groups is 1. The third-order valence-electron chi connectivity index (χ3n) is 3.06. The standard InChI is InChI=1S/C15H22BN2O4/c1-16-22-17-11-14(19)18-13(10-15(20)21-2)9-8-12-6-4-3-5-7-12/h3-7,13,17H,8-11H2,1-2H3,(H,18,19). The molecular formula is C15H22BN2O4. The van der Waals surface area contributed by atoms with Crippen molar-refractivity contribution in [3.8, 4) is 0 Å². The van der Waals surface area contributed by atoms with Crippen LogP contribution in [0.1, 0.15) is 18.4 Å². The fourth-order valence-corrected chi connectivity index (χ4v) is 1.96. The molecule has 0 saturated carbocycles. The van der Waals surface area contributed by atoms with Crippen molar-refractivity contribution in [3.05, 3.63) is 35.9 Å². The van der Waals surface area contributed by atoms with Gasteiger partial charge in [-0.2, -0.15) is 0 Å². The molecule has 6 nitrogen and oxygen atoms in total. The molecule has 119 valence electrons. The van der Waals surface area contributed by atoms with Gasteiger partial charge in [0.05, 0.1) is 20.1 Å². The first-order valence-corrected chi connectivity index (χ1v) is 7.22. The summed E-state index contributed by atoms with van der Waals surface area (Å²) in [7, 11) is 2.78. The Hall–Kier alpha value is -1.86. The van der Waals surface area contributed by atoms with E-state index in [4.69, 9.17) is 4.76 Å². The summed E-state index contributed by atoms with van der Waals surface area (Å²) >= 11 is 0. The number of benzene rings is 1. The fourth-order valence-electron chi connectivity index (χ4n) is 1.96. The van der Waals surface area contributed by atoms with Crippen molar-refractivity contribution < 1.29 is 19.1 Å². The Morgan fingerprint density at radius 2 is 2.00 bits per heavy atom. The Bertz CT molecular complexity index is 456. The van der Waals surface area contributed by atoms with Gasteiger partial charge in [-0.1, -0.05) is 37.2 Å². The maximum absolute atomic E-state index is 11.8. The lowest BCUT2D eigenvalue weighted by Gasteiger charge is -2.18. The van der Waals surface area contributed by atoms with E-state index in [0.29, 0.717) is 6.42 Å². The van der Waals surface area contributed by atoms with Crippen molar-refractivity contribution >= 4 is 19.4 Å². The van der Waals surface area contributed by atoms with Gasteiger partial charge in [-0.25, -0.2) is 5.48 Å². The second kappa shape index (κ2) is 10.8. The Morgan fingerprint density at radius 3 is 2.64 bits per heavy atom. The molecule has 0 saturated heterocycles. The van der Waals surface area contributed by atoms with Gasteiger partial charge in [-0.05, 0) is 18.4 Å². The fraction of sp³-hybridized carbons (Fsp3) is 0.467.